The van der Waals surface area contributed by atoms with Gasteiger partial charge >= 0.3 is 0 Å². The van der Waals surface area contributed by atoms with Gasteiger partial charge in [-0.05, 0) is 39.9 Å². The van der Waals surface area contributed by atoms with E-state index < -0.39 is 10.0 Å². The van der Waals surface area contributed by atoms with E-state index in [0.717, 1.165) is 20.6 Å². The zero-order valence-electron chi connectivity index (χ0n) is 17.1. The average Bonchev–Trinajstić information content (AvgIpc) is 2.67. The number of nitrogens with zero attached hydrogens (tertiary/aromatic N) is 1. The molecule has 1 amide bonds. The number of carbonyl (C=O) groups excluding carboxylic acids is 1. The standard InChI is InChI=1S/C23H26N2O3S/c1-23(2,3)20-11-7-8-12-21(20)24-22(26)16-25(4)29(27,28)19-14-13-17-9-5-6-10-18(17)15-19/h5-15H,16H2,1-4H3,(H,24,26). The molecular formula is C23H26N2O3S. The van der Waals surface area contributed by atoms with Crippen LogP contribution in [-0.4, -0.2) is 32.2 Å². The highest BCUT2D eigenvalue weighted by molar-refractivity contribution is 7.89. The molecule has 3 aromatic rings. The Hall–Kier alpha value is -2.70. The zero-order valence-corrected chi connectivity index (χ0v) is 18.0. The number of carbonyl (C=O) groups is 1. The van der Waals surface area contributed by atoms with Crippen molar-refractivity contribution >= 4 is 32.4 Å². The van der Waals surface area contributed by atoms with Crippen molar-refractivity contribution in [2.45, 2.75) is 31.1 Å². The molecule has 0 aromatic heterocycles. The maximum absolute atomic E-state index is 12.9. The molecular weight excluding hydrogens is 384 g/mol. The summed E-state index contributed by atoms with van der Waals surface area (Å²) in [4.78, 5) is 12.7. The van der Waals surface area contributed by atoms with Crippen LogP contribution < -0.4 is 5.32 Å². The summed E-state index contributed by atoms with van der Waals surface area (Å²) in [7, 11) is -2.37. The maximum atomic E-state index is 12.9. The smallest absolute Gasteiger partial charge is 0.243 e. The number of sulfonamides is 1. The van der Waals surface area contributed by atoms with E-state index >= 15 is 0 Å². The Balaban J connectivity index is 1.78. The Bertz CT molecular complexity index is 1150. The molecule has 0 aliphatic heterocycles. The summed E-state index contributed by atoms with van der Waals surface area (Å²) in [6.07, 6.45) is 0. The van der Waals surface area contributed by atoms with Gasteiger partial charge < -0.3 is 5.32 Å². The molecule has 0 aliphatic rings. The minimum absolute atomic E-state index is 0.146. The number of fused-ring (bicyclic) bond motifs is 1. The number of rotatable bonds is 5. The molecule has 0 unspecified atom stereocenters. The Kier molecular flexibility index (Phi) is 5.78. The van der Waals surface area contributed by atoms with Gasteiger partial charge in [0, 0.05) is 12.7 Å². The summed E-state index contributed by atoms with van der Waals surface area (Å²) in [6.45, 7) is 5.92. The first kappa shape index (κ1) is 21.0. The van der Waals surface area contributed by atoms with Crippen molar-refractivity contribution in [3.8, 4) is 0 Å². The van der Waals surface area contributed by atoms with Gasteiger partial charge in [-0.15, -0.1) is 0 Å². The predicted molar refractivity (Wildman–Crippen MR) is 118 cm³/mol. The molecule has 3 aromatic carbocycles. The highest BCUT2D eigenvalue weighted by Gasteiger charge is 2.24. The molecule has 0 atom stereocenters. The molecule has 1 N–H and O–H groups in total. The lowest BCUT2D eigenvalue weighted by Gasteiger charge is -2.23. The number of para-hydroxylation sites is 1. The van der Waals surface area contributed by atoms with Crippen molar-refractivity contribution in [3.63, 3.8) is 0 Å². The Labute approximate surface area is 172 Å². The Morgan fingerprint density at radius 3 is 2.24 bits per heavy atom. The van der Waals surface area contributed by atoms with Crippen LogP contribution in [-0.2, 0) is 20.2 Å². The molecule has 0 spiro atoms. The highest BCUT2D eigenvalue weighted by Crippen LogP contribution is 2.29. The number of nitrogens with one attached hydrogen (secondary N) is 1. The minimum atomic E-state index is -3.78. The SMILES string of the molecule is CN(CC(=O)Nc1ccccc1C(C)(C)C)S(=O)(=O)c1ccc2ccccc2c1. The van der Waals surface area contributed by atoms with Crippen LogP contribution in [0.15, 0.2) is 71.6 Å². The monoisotopic (exact) mass is 410 g/mol. The van der Waals surface area contributed by atoms with Gasteiger partial charge in [-0.25, -0.2) is 8.42 Å². The molecule has 0 heterocycles. The molecule has 0 saturated carbocycles. The van der Waals surface area contributed by atoms with Crippen LogP contribution in [0.5, 0.6) is 0 Å². The van der Waals surface area contributed by atoms with Gasteiger partial charge in [-0.2, -0.15) is 4.31 Å². The Morgan fingerprint density at radius 2 is 1.55 bits per heavy atom. The predicted octanol–water partition coefficient (Wildman–Crippen LogP) is 4.40. The lowest BCUT2D eigenvalue weighted by molar-refractivity contribution is -0.116. The van der Waals surface area contributed by atoms with Crippen LogP contribution in [0.2, 0.25) is 0 Å². The van der Waals surface area contributed by atoms with Gasteiger partial charge in [0.1, 0.15) is 0 Å². The zero-order chi connectivity index (χ0) is 21.2. The van der Waals surface area contributed by atoms with Crippen LogP contribution in [0.25, 0.3) is 10.8 Å². The van der Waals surface area contributed by atoms with E-state index in [9.17, 15) is 13.2 Å². The number of amides is 1. The lowest BCUT2D eigenvalue weighted by atomic mass is 9.86. The van der Waals surface area contributed by atoms with Crippen molar-refractivity contribution < 1.29 is 13.2 Å². The van der Waals surface area contributed by atoms with Crippen molar-refractivity contribution in [2.75, 3.05) is 18.9 Å². The molecule has 0 bridgehead atoms. The second-order valence-electron chi connectivity index (χ2n) is 8.11. The highest BCUT2D eigenvalue weighted by atomic mass is 32.2. The number of anilines is 1. The number of hydrogen-bond donors (Lipinski definition) is 1. The van der Waals surface area contributed by atoms with Crippen molar-refractivity contribution in [3.05, 3.63) is 72.3 Å². The normalized spacial score (nSPS) is 12.3. The van der Waals surface area contributed by atoms with Gasteiger partial charge in [0.2, 0.25) is 15.9 Å². The summed E-state index contributed by atoms with van der Waals surface area (Å²) in [6, 6.07) is 20.1. The van der Waals surface area contributed by atoms with Crippen molar-refractivity contribution in [2.24, 2.45) is 0 Å². The van der Waals surface area contributed by atoms with E-state index in [1.165, 1.54) is 7.05 Å². The van der Waals surface area contributed by atoms with Gasteiger partial charge in [0.05, 0.1) is 11.4 Å². The molecule has 152 valence electrons. The summed E-state index contributed by atoms with van der Waals surface area (Å²) < 4.78 is 26.9. The second-order valence-corrected chi connectivity index (χ2v) is 10.2. The lowest BCUT2D eigenvalue weighted by Crippen LogP contribution is -2.35. The fourth-order valence-corrected chi connectivity index (χ4v) is 4.39. The number of hydrogen-bond acceptors (Lipinski definition) is 3. The second kappa shape index (κ2) is 7.97. The van der Waals surface area contributed by atoms with E-state index in [1.54, 1.807) is 18.2 Å². The summed E-state index contributed by atoms with van der Waals surface area (Å²) >= 11 is 0. The molecule has 0 saturated heterocycles. The van der Waals surface area contributed by atoms with Crippen molar-refractivity contribution in [1.82, 2.24) is 4.31 Å². The molecule has 5 nitrogen and oxygen atoms in total. The molecule has 3 rings (SSSR count). The summed E-state index contributed by atoms with van der Waals surface area (Å²) in [5.74, 6) is -0.381. The topological polar surface area (TPSA) is 66.5 Å². The molecule has 6 heteroatoms. The molecule has 0 radical (unpaired) electrons. The molecule has 0 aliphatic carbocycles. The Morgan fingerprint density at radius 1 is 0.931 bits per heavy atom. The van der Waals surface area contributed by atoms with E-state index in [1.807, 2.05) is 48.5 Å². The summed E-state index contributed by atoms with van der Waals surface area (Å²) in [5, 5.41) is 4.66. The van der Waals surface area contributed by atoms with Crippen LogP contribution in [0, 0.1) is 0 Å². The largest absolute Gasteiger partial charge is 0.325 e. The first-order valence-electron chi connectivity index (χ1n) is 9.43. The fraction of sp³-hybridized carbons (Fsp3) is 0.261. The van der Waals surface area contributed by atoms with Gasteiger partial charge in [0.15, 0.2) is 0 Å². The third kappa shape index (κ3) is 4.66. The van der Waals surface area contributed by atoms with Crippen LogP contribution in [0.4, 0.5) is 5.69 Å². The quantitative estimate of drug-likeness (QED) is 0.678. The van der Waals surface area contributed by atoms with Gasteiger partial charge in [-0.1, -0.05) is 69.3 Å². The average molecular weight is 411 g/mol. The fourth-order valence-electron chi connectivity index (χ4n) is 3.23. The van der Waals surface area contributed by atoms with E-state index in [4.69, 9.17) is 0 Å². The van der Waals surface area contributed by atoms with E-state index in [2.05, 4.69) is 26.1 Å². The van der Waals surface area contributed by atoms with Gasteiger partial charge in [-0.3, -0.25) is 4.79 Å². The molecule has 29 heavy (non-hydrogen) atoms. The van der Waals surface area contributed by atoms with Crippen LogP contribution in [0.3, 0.4) is 0 Å². The summed E-state index contributed by atoms with van der Waals surface area (Å²) in [5.41, 5.74) is 1.54. The van der Waals surface area contributed by atoms with Crippen LogP contribution in [0.1, 0.15) is 26.3 Å². The maximum Gasteiger partial charge on any atom is 0.243 e. The van der Waals surface area contributed by atoms with Crippen LogP contribution >= 0.6 is 0 Å². The van der Waals surface area contributed by atoms with E-state index in [0.29, 0.717) is 5.69 Å². The van der Waals surface area contributed by atoms with Gasteiger partial charge in [0.25, 0.3) is 0 Å². The third-order valence-electron chi connectivity index (χ3n) is 4.80. The van der Waals surface area contributed by atoms with E-state index in [-0.39, 0.29) is 22.8 Å². The number of likely N-dealkylation sites (N-methyl/N-ethyl adjacent to an activating group) is 1. The first-order valence-corrected chi connectivity index (χ1v) is 10.9. The third-order valence-corrected chi connectivity index (χ3v) is 6.60. The number of benzene rings is 3. The van der Waals surface area contributed by atoms with Crippen molar-refractivity contribution in [1.29, 1.82) is 0 Å². The first-order chi connectivity index (χ1) is 13.6. The molecule has 0 fully saturated rings. The minimum Gasteiger partial charge on any atom is -0.325 e.